The van der Waals surface area contributed by atoms with E-state index in [4.69, 9.17) is 0 Å². The molecule has 1 unspecified atom stereocenters. The van der Waals surface area contributed by atoms with Crippen LogP contribution in [0.15, 0.2) is 34.9 Å². The number of halogens is 1. The van der Waals surface area contributed by atoms with Crippen LogP contribution in [0.2, 0.25) is 0 Å². The van der Waals surface area contributed by atoms with Crippen molar-refractivity contribution in [2.24, 2.45) is 0 Å². The molecule has 1 aliphatic carbocycles. The summed E-state index contributed by atoms with van der Waals surface area (Å²) in [6, 6.07) is 8.30. The minimum atomic E-state index is -0.471. The number of hydrogen-bond donors (Lipinski definition) is 1. The second-order valence-corrected chi connectivity index (χ2v) is 8.50. The van der Waals surface area contributed by atoms with E-state index >= 15 is 0 Å². The minimum Gasteiger partial charge on any atom is -0.387 e. The van der Waals surface area contributed by atoms with Crippen LogP contribution in [0.1, 0.15) is 53.6 Å². The summed E-state index contributed by atoms with van der Waals surface area (Å²) in [6.07, 6.45) is 9.06. The summed E-state index contributed by atoms with van der Waals surface area (Å²) in [7, 11) is 0. The zero-order chi connectivity index (χ0) is 16.5. The van der Waals surface area contributed by atoms with E-state index in [-0.39, 0.29) is 0 Å². The first-order valence-electron chi connectivity index (χ1n) is 8.63. The molecule has 0 saturated heterocycles. The number of aromatic nitrogens is 2. The Morgan fingerprint density at radius 2 is 2.12 bits per heavy atom. The van der Waals surface area contributed by atoms with Crippen molar-refractivity contribution in [3.63, 3.8) is 0 Å². The van der Waals surface area contributed by atoms with Gasteiger partial charge in [-0.2, -0.15) is 0 Å². The summed E-state index contributed by atoms with van der Waals surface area (Å²) in [4.78, 5) is 7.07. The van der Waals surface area contributed by atoms with Crippen LogP contribution in [-0.2, 0) is 19.3 Å². The average molecular weight is 405 g/mol. The van der Waals surface area contributed by atoms with Gasteiger partial charge in [0.2, 0.25) is 0 Å². The smallest absolute Gasteiger partial charge is 0.194 e. The minimum absolute atomic E-state index is 0.471. The maximum absolute atomic E-state index is 10.8. The van der Waals surface area contributed by atoms with E-state index in [1.165, 1.54) is 35.4 Å². The zero-order valence-corrected chi connectivity index (χ0v) is 15.9. The highest BCUT2D eigenvalue weighted by Crippen LogP contribution is 2.32. The Morgan fingerprint density at radius 3 is 3.00 bits per heavy atom. The molecule has 0 spiro atoms. The Balaban J connectivity index is 1.58. The Morgan fingerprint density at radius 1 is 1.25 bits per heavy atom. The molecule has 1 atom stereocenters. The molecular weight excluding hydrogens is 384 g/mol. The van der Waals surface area contributed by atoms with Gasteiger partial charge in [-0.05, 0) is 56.2 Å². The standard InChI is InChI=1S/C19H21BrN2OS/c20-14-6-4-5-13(11-14)9-10-17(23)16-12-21-19-22(16)15-7-2-1-3-8-18(15)24-19/h4-6,11-12,17,23H,1-3,7-10H2. The molecule has 2 heterocycles. The van der Waals surface area contributed by atoms with E-state index in [0.717, 1.165) is 40.8 Å². The van der Waals surface area contributed by atoms with E-state index in [9.17, 15) is 5.11 Å². The lowest BCUT2D eigenvalue weighted by Crippen LogP contribution is -2.05. The first-order chi connectivity index (χ1) is 11.7. The van der Waals surface area contributed by atoms with Gasteiger partial charge in [-0.3, -0.25) is 4.40 Å². The van der Waals surface area contributed by atoms with Gasteiger partial charge in [0.25, 0.3) is 0 Å². The highest BCUT2D eigenvalue weighted by molar-refractivity contribution is 9.10. The van der Waals surface area contributed by atoms with Crippen LogP contribution >= 0.6 is 27.3 Å². The topological polar surface area (TPSA) is 37.5 Å². The van der Waals surface area contributed by atoms with Gasteiger partial charge in [0.1, 0.15) is 0 Å². The molecule has 0 aliphatic heterocycles. The fraction of sp³-hybridized carbons (Fsp3) is 0.421. The molecule has 1 N–H and O–H groups in total. The lowest BCUT2D eigenvalue weighted by molar-refractivity contribution is 0.162. The van der Waals surface area contributed by atoms with E-state index in [1.54, 1.807) is 11.3 Å². The van der Waals surface area contributed by atoms with Crippen LogP contribution in [0, 0.1) is 0 Å². The van der Waals surface area contributed by atoms with Gasteiger partial charge in [-0.15, -0.1) is 11.3 Å². The third kappa shape index (κ3) is 3.17. The molecule has 0 fully saturated rings. The van der Waals surface area contributed by atoms with Gasteiger partial charge >= 0.3 is 0 Å². The maximum Gasteiger partial charge on any atom is 0.194 e. The average Bonchev–Trinajstić information content (AvgIpc) is 3.04. The van der Waals surface area contributed by atoms with Crippen molar-refractivity contribution < 1.29 is 5.11 Å². The van der Waals surface area contributed by atoms with Crippen LogP contribution in [0.5, 0.6) is 0 Å². The molecule has 2 aromatic heterocycles. The molecule has 3 nitrogen and oxygen atoms in total. The van der Waals surface area contributed by atoms with Gasteiger partial charge in [0, 0.05) is 15.0 Å². The number of hydrogen-bond acceptors (Lipinski definition) is 3. The molecule has 3 aromatic rings. The van der Waals surface area contributed by atoms with Crippen molar-refractivity contribution in [2.45, 2.75) is 51.0 Å². The molecule has 5 heteroatoms. The third-order valence-corrected chi connectivity index (χ3v) is 6.47. The van der Waals surface area contributed by atoms with Gasteiger partial charge in [-0.25, -0.2) is 4.98 Å². The summed E-state index contributed by atoms with van der Waals surface area (Å²) >= 11 is 5.31. The maximum atomic E-state index is 10.8. The molecule has 24 heavy (non-hydrogen) atoms. The van der Waals surface area contributed by atoms with Crippen LogP contribution < -0.4 is 0 Å². The van der Waals surface area contributed by atoms with Crippen molar-refractivity contribution in [1.82, 2.24) is 9.38 Å². The predicted octanol–water partition coefficient (Wildman–Crippen LogP) is 5.09. The second-order valence-electron chi connectivity index (χ2n) is 6.52. The molecule has 4 rings (SSSR count). The summed E-state index contributed by atoms with van der Waals surface area (Å²) in [5.41, 5.74) is 3.59. The lowest BCUT2D eigenvalue weighted by Gasteiger charge is -2.12. The van der Waals surface area contributed by atoms with Crippen LogP contribution in [-0.4, -0.2) is 14.5 Å². The normalized spacial score (nSPS) is 16.1. The summed E-state index contributed by atoms with van der Waals surface area (Å²) in [5.74, 6) is 0. The molecule has 126 valence electrons. The van der Waals surface area contributed by atoms with Gasteiger partial charge in [-0.1, -0.05) is 34.5 Å². The number of rotatable bonds is 4. The van der Waals surface area contributed by atoms with Crippen molar-refractivity contribution >= 4 is 32.2 Å². The van der Waals surface area contributed by atoms with Gasteiger partial charge in [0.05, 0.1) is 18.0 Å². The monoisotopic (exact) mass is 404 g/mol. The van der Waals surface area contributed by atoms with E-state index in [0.29, 0.717) is 0 Å². The number of imidazole rings is 1. The summed E-state index contributed by atoms with van der Waals surface area (Å²) < 4.78 is 3.32. The number of fused-ring (bicyclic) bond motifs is 3. The first kappa shape index (κ1) is 16.3. The number of nitrogens with zero attached hydrogens (tertiary/aromatic N) is 2. The third-order valence-electron chi connectivity index (χ3n) is 4.82. The predicted molar refractivity (Wildman–Crippen MR) is 102 cm³/mol. The van der Waals surface area contributed by atoms with Crippen molar-refractivity contribution in [2.75, 3.05) is 0 Å². The fourth-order valence-electron chi connectivity index (χ4n) is 3.56. The molecule has 0 bridgehead atoms. The quantitative estimate of drug-likeness (QED) is 0.614. The van der Waals surface area contributed by atoms with Crippen LogP contribution in [0.4, 0.5) is 0 Å². The number of aryl methyl sites for hydroxylation is 3. The Bertz CT molecular complexity index is 854. The first-order valence-corrected chi connectivity index (χ1v) is 10.2. The Kier molecular flexibility index (Phi) is 4.74. The lowest BCUT2D eigenvalue weighted by atomic mass is 10.1. The molecule has 1 aromatic carbocycles. The van der Waals surface area contributed by atoms with E-state index in [1.807, 2.05) is 18.3 Å². The largest absolute Gasteiger partial charge is 0.387 e. The van der Waals surface area contributed by atoms with Gasteiger partial charge < -0.3 is 5.11 Å². The van der Waals surface area contributed by atoms with E-state index < -0.39 is 6.10 Å². The molecule has 0 amide bonds. The van der Waals surface area contributed by atoms with Crippen molar-refractivity contribution in [1.29, 1.82) is 0 Å². The number of thiazole rings is 1. The van der Waals surface area contributed by atoms with Crippen LogP contribution in [0.25, 0.3) is 4.96 Å². The number of aliphatic hydroxyl groups excluding tert-OH is 1. The molecule has 0 saturated carbocycles. The van der Waals surface area contributed by atoms with Crippen molar-refractivity contribution in [3.05, 3.63) is 56.8 Å². The number of benzene rings is 1. The van der Waals surface area contributed by atoms with E-state index in [2.05, 4.69) is 37.4 Å². The molecule has 1 aliphatic rings. The summed E-state index contributed by atoms with van der Waals surface area (Å²) in [5, 5.41) is 10.8. The fourth-order valence-corrected chi connectivity index (χ4v) is 5.20. The SMILES string of the molecule is OC(CCc1cccc(Br)c1)c1cnc2sc3c(n12)CCCCC3. The zero-order valence-electron chi connectivity index (χ0n) is 13.5. The Labute approximate surface area is 154 Å². The summed E-state index contributed by atoms with van der Waals surface area (Å²) in [6.45, 7) is 0. The molecular formula is C19H21BrN2OS. The van der Waals surface area contributed by atoms with Gasteiger partial charge in [0.15, 0.2) is 4.96 Å². The Hall–Kier alpha value is -1.17. The van der Waals surface area contributed by atoms with Crippen LogP contribution in [0.3, 0.4) is 0 Å². The second kappa shape index (κ2) is 6.98. The highest BCUT2D eigenvalue weighted by atomic mass is 79.9. The number of aliphatic hydroxyl groups is 1. The van der Waals surface area contributed by atoms with Crippen molar-refractivity contribution in [3.8, 4) is 0 Å². The molecule has 0 radical (unpaired) electrons. The highest BCUT2D eigenvalue weighted by Gasteiger charge is 2.21.